The van der Waals surface area contributed by atoms with E-state index in [1.165, 1.54) is 0 Å². The zero-order valence-corrected chi connectivity index (χ0v) is 17.5. The second kappa shape index (κ2) is 9.06. The van der Waals surface area contributed by atoms with Gasteiger partial charge in [-0.3, -0.25) is 4.79 Å². The van der Waals surface area contributed by atoms with Crippen LogP contribution in [0.3, 0.4) is 0 Å². The van der Waals surface area contributed by atoms with Gasteiger partial charge in [-0.05, 0) is 49.3 Å². The van der Waals surface area contributed by atoms with Crippen LogP contribution in [0, 0.1) is 5.41 Å². The molecule has 7 heteroatoms. The highest BCUT2D eigenvalue weighted by Crippen LogP contribution is 2.41. The molecule has 3 rings (SSSR count). The van der Waals surface area contributed by atoms with Gasteiger partial charge in [-0.2, -0.15) is 0 Å². The van der Waals surface area contributed by atoms with E-state index >= 15 is 0 Å². The number of benzene rings is 1. The normalized spacial score (nSPS) is 19.9. The van der Waals surface area contributed by atoms with Crippen LogP contribution in [-0.4, -0.2) is 61.6 Å². The number of halogens is 1. The van der Waals surface area contributed by atoms with Gasteiger partial charge < -0.3 is 19.9 Å². The Hall–Kier alpha value is -1.60. The number of rotatable bonds is 4. The summed E-state index contributed by atoms with van der Waals surface area (Å²) in [6.07, 6.45) is 4.47. The first-order valence-electron chi connectivity index (χ1n) is 9.60. The van der Waals surface area contributed by atoms with Crippen molar-refractivity contribution in [2.75, 3.05) is 45.2 Å². The lowest BCUT2D eigenvalue weighted by atomic mass is 9.73. The van der Waals surface area contributed by atoms with Crippen LogP contribution in [0.5, 0.6) is 0 Å². The molecule has 1 aromatic rings. The van der Waals surface area contributed by atoms with Crippen molar-refractivity contribution in [3.05, 3.63) is 28.7 Å². The Kier molecular flexibility index (Phi) is 6.76. The number of methoxy groups -OCH3 is 1. The molecule has 0 unspecified atom stereocenters. The highest BCUT2D eigenvalue weighted by atomic mass is 79.9. The second-order valence-corrected chi connectivity index (χ2v) is 8.47. The minimum Gasteiger partial charge on any atom is -0.383 e. The summed E-state index contributed by atoms with van der Waals surface area (Å²) in [5.41, 5.74) is 0.979. The van der Waals surface area contributed by atoms with Crippen molar-refractivity contribution in [2.24, 2.45) is 5.41 Å². The van der Waals surface area contributed by atoms with Gasteiger partial charge in [0.25, 0.3) is 0 Å². The van der Waals surface area contributed by atoms with Gasteiger partial charge in [-0.15, -0.1) is 0 Å². The fourth-order valence-electron chi connectivity index (χ4n) is 4.04. The molecule has 2 aliphatic rings. The van der Waals surface area contributed by atoms with E-state index in [9.17, 15) is 9.59 Å². The number of nitrogens with zero attached hydrogens (tertiary/aromatic N) is 2. The van der Waals surface area contributed by atoms with Gasteiger partial charge >= 0.3 is 6.03 Å². The highest BCUT2D eigenvalue weighted by Gasteiger charge is 2.38. The van der Waals surface area contributed by atoms with Crippen LogP contribution in [-0.2, 0) is 9.53 Å². The molecule has 2 aliphatic heterocycles. The van der Waals surface area contributed by atoms with Gasteiger partial charge in [0, 0.05) is 49.9 Å². The third-order valence-electron chi connectivity index (χ3n) is 5.89. The lowest BCUT2D eigenvalue weighted by Crippen LogP contribution is -2.45. The first kappa shape index (κ1) is 20.1. The van der Waals surface area contributed by atoms with Gasteiger partial charge in [0.1, 0.15) is 0 Å². The molecule has 2 heterocycles. The molecule has 1 spiro atoms. The number of anilines is 1. The SMILES string of the molecule is COCCN1CCC2(CCC1=O)CCN(C(=O)Nc1cccc(Br)c1)CC2. The van der Waals surface area contributed by atoms with Crippen molar-refractivity contribution in [3.63, 3.8) is 0 Å². The lowest BCUT2D eigenvalue weighted by Gasteiger charge is -2.41. The Morgan fingerprint density at radius 3 is 2.67 bits per heavy atom. The van der Waals surface area contributed by atoms with Crippen molar-refractivity contribution in [1.29, 1.82) is 0 Å². The number of nitrogens with one attached hydrogen (secondary N) is 1. The number of urea groups is 1. The van der Waals surface area contributed by atoms with Crippen LogP contribution < -0.4 is 5.32 Å². The van der Waals surface area contributed by atoms with Crippen LogP contribution in [0.25, 0.3) is 0 Å². The summed E-state index contributed by atoms with van der Waals surface area (Å²) in [4.78, 5) is 28.7. The van der Waals surface area contributed by atoms with Crippen molar-refractivity contribution < 1.29 is 14.3 Å². The molecule has 0 bridgehead atoms. The van der Waals surface area contributed by atoms with Crippen molar-refractivity contribution in [1.82, 2.24) is 9.80 Å². The Morgan fingerprint density at radius 2 is 1.96 bits per heavy atom. The van der Waals surface area contributed by atoms with E-state index in [4.69, 9.17) is 4.74 Å². The first-order valence-corrected chi connectivity index (χ1v) is 10.4. The van der Waals surface area contributed by atoms with Crippen molar-refractivity contribution in [2.45, 2.75) is 32.1 Å². The smallest absolute Gasteiger partial charge is 0.321 e. The number of hydrogen-bond donors (Lipinski definition) is 1. The quantitative estimate of drug-likeness (QED) is 0.780. The van der Waals surface area contributed by atoms with E-state index in [2.05, 4.69) is 21.2 Å². The third kappa shape index (κ3) is 5.23. The molecule has 3 amide bonds. The van der Waals surface area contributed by atoms with Gasteiger partial charge in [-0.25, -0.2) is 4.79 Å². The summed E-state index contributed by atoms with van der Waals surface area (Å²) >= 11 is 3.42. The molecular formula is C20H28BrN3O3. The van der Waals surface area contributed by atoms with E-state index in [-0.39, 0.29) is 17.4 Å². The largest absolute Gasteiger partial charge is 0.383 e. The summed E-state index contributed by atoms with van der Waals surface area (Å²) in [6.45, 7) is 3.54. The molecule has 27 heavy (non-hydrogen) atoms. The van der Waals surface area contributed by atoms with E-state index < -0.39 is 0 Å². The second-order valence-electron chi connectivity index (χ2n) is 7.55. The lowest BCUT2D eigenvalue weighted by molar-refractivity contribution is -0.131. The maximum absolute atomic E-state index is 12.6. The highest BCUT2D eigenvalue weighted by molar-refractivity contribution is 9.10. The number of carbonyl (C=O) groups is 2. The number of piperidine rings is 1. The standard InChI is InChI=1S/C20H28BrN3O3/c1-27-14-13-23-10-7-20(6-5-18(23)25)8-11-24(12-9-20)19(26)22-17-4-2-3-16(21)15-17/h2-4,15H,5-14H2,1H3,(H,22,26). The molecule has 0 aromatic heterocycles. The Morgan fingerprint density at radius 1 is 1.22 bits per heavy atom. The molecule has 6 nitrogen and oxygen atoms in total. The Bertz CT molecular complexity index is 674. The predicted molar refractivity (Wildman–Crippen MR) is 109 cm³/mol. The van der Waals surface area contributed by atoms with Gasteiger partial charge in [-0.1, -0.05) is 22.0 Å². The minimum atomic E-state index is -0.0469. The number of hydrogen-bond acceptors (Lipinski definition) is 3. The van der Waals surface area contributed by atoms with Crippen LogP contribution >= 0.6 is 15.9 Å². The van der Waals surface area contributed by atoms with Crippen LogP contribution in [0.2, 0.25) is 0 Å². The van der Waals surface area contributed by atoms with Crippen molar-refractivity contribution >= 4 is 33.6 Å². The average Bonchev–Trinajstić information content (AvgIpc) is 2.81. The first-order chi connectivity index (χ1) is 13.0. The summed E-state index contributed by atoms with van der Waals surface area (Å²) in [7, 11) is 1.67. The summed E-state index contributed by atoms with van der Waals surface area (Å²) in [6, 6.07) is 7.58. The van der Waals surface area contributed by atoms with Gasteiger partial charge in [0.2, 0.25) is 5.91 Å². The fourth-order valence-corrected chi connectivity index (χ4v) is 4.44. The molecule has 0 atom stereocenters. The molecule has 0 aliphatic carbocycles. The van der Waals surface area contributed by atoms with Crippen molar-refractivity contribution in [3.8, 4) is 0 Å². The van der Waals surface area contributed by atoms with Crippen LogP contribution in [0.4, 0.5) is 10.5 Å². The molecule has 0 saturated carbocycles. The molecule has 2 fully saturated rings. The molecule has 2 saturated heterocycles. The third-order valence-corrected chi connectivity index (χ3v) is 6.38. The monoisotopic (exact) mass is 437 g/mol. The zero-order chi connectivity index (χ0) is 19.3. The molecule has 1 N–H and O–H groups in total. The number of carbonyl (C=O) groups excluding carboxylic acids is 2. The Labute approximate surface area is 169 Å². The minimum absolute atomic E-state index is 0.0469. The van der Waals surface area contributed by atoms with E-state index in [0.717, 1.165) is 55.5 Å². The van der Waals surface area contributed by atoms with E-state index in [1.807, 2.05) is 34.1 Å². The van der Waals surface area contributed by atoms with E-state index in [1.54, 1.807) is 7.11 Å². The molecule has 148 valence electrons. The number of likely N-dealkylation sites (tertiary alicyclic amines) is 2. The maximum Gasteiger partial charge on any atom is 0.321 e. The number of ether oxygens (including phenoxy) is 1. The molecule has 0 radical (unpaired) electrons. The summed E-state index contributed by atoms with van der Waals surface area (Å²) in [5, 5.41) is 2.97. The molecule has 1 aromatic carbocycles. The Balaban J connectivity index is 1.53. The average molecular weight is 438 g/mol. The van der Waals surface area contributed by atoms with Gasteiger partial charge in [0.15, 0.2) is 0 Å². The number of amides is 3. The topological polar surface area (TPSA) is 61.9 Å². The molecular weight excluding hydrogens is 410 g/mol. The summed E-state index contributed by atoms with van der Waals surface area (Å²) in [5.74, 6) is 0.235. The van der Waals surface area contributed by atoms with Crippen LogP contribution in [0.15, 0.2) is 28.7 Å². The summed E-state index contributed by atoms with van der Waals surface area (Å²) < 4.78 is 6.06. The van der Waals surface area contributed by atoms with E-state index in [0.29, 0.717) is 19.6 Å². The maximum atomic E-state index is 12.6. The zero-order valence-electron chi connectivity index (χ0n) is 15.9. The van der Waals surface area contributed by atoms with Gasteiger partial charge in [0.05, 0.1) is 6.61 Å². The predicted octanol–water partition coefficient (Wildman–Crippen LogP) is 3.72. The van der Waals surface area contributed by atoms with Crippen LogP contribution in [0.1, 0.15) is 32.1 Å². The fraction of sp³-hybridized carbons (Fsp3) is 0.600.